The highest BCUT2D eigenvalue weighted by Crippen LogP contribution is 2.53. The fraction of sp³-hybridized carbons (Fsp3) is 0.500. The largest absolute Gasteiger partial charge is 0.481 e. The first-order valence-electron chi connectivity index (χ1n) is 3.12. The number of carboxylic acids is 3. The first-order chi connectivity index (χ1) is 5.43. The van der Waals surface area contributed by atoms with E-state index in [0.29, 0.717) is 0 Å². The summed E-state index contributed by atoms with van der Waals surface area (Å²) in [6, 6.07) is 0. The predicted molar refractivity (Wildman–Crippen MR) is 55.2 cm³/mol. The van der Waals surface area contributed by atoms with Crippen LogP contribution < -0.4 is 0 Å². The standard InChI is InChI=1S/C6H6O6.3ClH/c7-3(8)2-1-6(2,4(9)10)5(11)12;;;/h2H,1H2,(H,7,8)(H,9,10)(H,11,12);3*1H. The molecule has 0 aromatic rings. The molecule has 90 valence electrons. The minimum absolute atomic E-state index is 0. The van der Waals surface area contributed by atoms with Crippen LogP contribution in [-0.2, 0) is 14.4 Å². The predicted octanol–water partition coefficient (Wildman–Crippen LogP) is 0.512. The molecule has 1 unspecified atom stereocenters. The van der Waals surface area contributed by atoms with Gasteiger partial charge in [0.05, 0.1) is 5.92 Å². The molecule has 1 aliphatic rings. The van der Waals surface area contributed by atoms with Gasteiger partial charge >= 0.3 is 17.9 Å². The molecule has 15 heavy (non-hydrogen) atoms. The maximum absolute atomic E-state index is 10.4. The SMILES string of the molecule is Cl.Cl.Cl.O=C(O)C1CC1(C(=O)O)C(=O)O. The van der Waals surface area contributed by atoms with Crippen molar-refractivity contribution in [1.82, 2.24) is 0 Å². The van der Waals surface area contributed by atoms with Gasteiger partial charge in [-0.15, -0.1) is 37.2 Å². The summed E-state index contributed by atoms with van der Waals surface area (Å²) in [5, 5.41) is 25.3. The molecule has 1 fully saturated rings. The zero-order valence-electron chi connectivity index (χ0n) is 7.08. The van der Waals surface area contributed by atoms with Crippen molar-refractivity contribution in [2.45, 2.75) is 6.42 Å². The molecule has 0 spiro atoms. The van der Waals surface area contributed by atoms with E-state index in [1.807, 2.05) is 0 Å². The number of carboxylic acid groups (broad SMARTS) is 3. The molecule has 0 aromatic heterocycles. The van der Waals surface area contributed by atoms with Gasteiger partial charge in [0.25, 0.3) is 0 Å². The minimum atomic E-state index is -2.08. The molecule has 1 saturated carbocycles. The summed E-state index contributed by atoms with van der Waals surface area (Å²) in [5.74, 6) is -5.82. The first kappa shape index (κ1) is 19.8. The van der Waals surface area contributed by atoms with E-state index >= 15 is 0 Å². The van der Waals surface area contributed by atoms with E-state index in [1.165, 1.54) is 0 Å². The van der Waals surface area contributed by atoms with E-state index in [2.05, 4.69) is 0 Å². The van der Waals surface area contributed by atoms with Gasteiger partial charge < -0.3 is 15.3 Å². The smallest absolute Gasteiger partial charge is 0.321 e. The topological polar surface area (TPSA) is 112 Å². The molecular weight excluding hydrogens is 274 g/mol. The summed E-state index contributed by atoms with van der Waals surface area (Å²) in [6.45, 7) is 0. The quantitative estimate of drug-likeness (QED) is 0.651. The van der Waals surface area contributed by atoms with Crippen LogP contribution >= 0.6 is 37.2 Å². The molecule has 0 aliphatic heterocycles. The van der Waals surface area contributed by atoms with E-state index in [1.54, 1.807) is 0 Å². The lowest BCUT2D eigenvalue weighted by atomic mass is 10.1. The van der Waals surface area contributed by atoms with Crippen LogP contribution in [0, 0.1) is 11.3 Å². The Balaban J connectivity index is -0.000000480. The average Bonchev–Trinajstić information content (AvgIpc) is 2.60. The van der Waals surface area contributed by atoms with E-state index in [9.17, 15) is 14.4 Å². The van der Waals surface area contributed by atoms with Crippen LogP contribution in [0.4, 0.5) is 0 Å². The molecule has 1 rings (SSSR count). The van der Waals surface area contributed by atoms with Crippen LogP contribution in [-0.4, -0.2) is 33.2 Å². The van der Waals surface area contributed by atoms with Gasteiger partial charge in [0.15, 0.2) is 5.41 Å². The van der Waals surface area contributed by atoms with Crippen LogP contribution in [0.15, 0.2) is 0 Å². The monoisotopic (exact) mass is 282 g/mol. The zero-order chi connectivity index (χ0) is 9.52. The Labute approximate surface area is 103 Å². The normalized spacial score (nSPS) is 19.6. The lowest BCUT2D eigenvalue weighted by Crippen LogP contribution is -2.29. The fourth-order valence-corrected chi connectivity index (χ4v) is 1.13. The lowest BCUT2D eigenvalue weighted by molar-refractivity contribution is -0.160. The van der Waals surface area contributed by atoms with Crippen molar-refractivity contribution < 1.29 is 29.7 Å². The number of carbonyl (C=O) groups is 3. The Kier molecular flexibility index (Phi) is 7.91. The fourth-order valence-electron chi connectivity index (χ4n) is 1.13. The van der Waals surface area contributed by atoms with Crippen molar-refractivity contribution in [3.63, 3.8) is 0 Å². The van der Waals surface area contributed by atoms with Crippen molar-refractivity contribution in [3.05, 3.63) is 0 Å². The Hall–Kier alpha value is -0.720. The van der Waals surface area contributed by atoms with Crippen molar-refractivity contribution in [1.29, 1.82) is 0 Å². The van der Waals surface area contributed by atoms with Crippen LogP contribution in [0.2, 0.25) is 0 Å². The molecule has 0 heterocycles. The molecule has 1 aliphatic carbocycles. The van der Waals surface area contributed by atoms with E-state index in [-0.39, 0.29) is 43.6 Å². The number of hydrogen-bond acceptors (Lipinski definition) is 3. The molecule has 9 heteroatoms. The highest BCUT2D eigenvalue weighted by atomic mass is 35.5. The number of hydrogen-bond donors (Lipinski definition) is 3. The number of aliphatic carboxylic acids is 3. The third kappa shape index (κ3) is 2.87. The molecule has 0 radical (unpaired) electrons. The first-order valence-corrected chi connectivity index (χ1v) is 3.12. The maximum atomic E-state index is 10.4. The number of rotatable bonds is 3. The van der Waals surface area contributed by atoms with Crippen LogP contribution in [0.5, 0.6) is 0 Å². The highest BCUT2D eigenvalue weighted by Gasteiger charge is 2.70. The summed E-state index contributed by atoms with van der Waals surface area (Å²) >= 11 is 0. The van der Waals surface area contributed by atoms with Crippen molar-refractivity contribution in [3.8, 4) is 0 Å². The van der Waals surface area contributed by atoms with E-state index < -0.39 is 29.2 Å². The van der Waals surface area contributed by atoms with Gasteiger partial charge in [-0.25, -0.2) is 0 Å². The molecular formula is C6H9Cl3O6. The third-order valence-electron chi connectivity index (χ3n) is 2.02. The Bertz CT molecular complexity index is 264. The molecule has 0 bridgehead atoms. The zero-order valence-corrected chi connectivity index (χ0v) is 9.53. The van der Waals surface area contributed by atoms with E-state index in [0.717, 1.165) is 0 Å². The summed E-state index contributed by atoms with van der Waals surface area (Å²) in [4.78, 5) is 31.1. The van der Waals surface area contributed by atoms with Gasteiger partial charge in [0, 0.05) is 0 Å². The van der Waals surface area contributed by atoms with Gasteiger partial charge in [-0.2, -0.15) is 0 Å². The minimum Gasteiger partial charge on any atom is -0.481 e. The number of halogens is 3. The summed E-state index contributed by atoms with van der Waals surface area (Å²) < 4.78 is 0. The average molecular weight is 283 g/mol. The second-order valence-electron chi connectivity index (χ2n) is 2.68. The van der Waals surface area contributed by atoms with Crippen molar-refractivity contribution in [2.24, 2.45) is 11.3 Å². The highest BCUT2D eigenvalue weighted by molar-refractivity contribution is 6.07. The Morgan fingerprint density at radius 1 is 0.933 bits per heavy atom. The Morgan fingerprint density at radius 2 is 1.27 bits per heavy atom. The third-order valence-corrected chi connectivity index (χ3v) is 2.02. The van der Waals surface area contributed by atoms with Crippen LogP contribution in [0.1, 0.15) is 6.42 Å². The lowest BCUT2D eigenvalue weighted by Gasteiger charge is -2.02. The summed E-state index contributed by atoms with van der Waals surface area (Å²) in [6.07, 6.45) is -0.326. The molecule has 3 N–H and O–H groups in total. The molecule has 1 atom stereocenters. The van der Waals surface area contributed by atoms with E-state index in [4.69, 9.17) is 15.3 Å². The molecule has 0 saturated heterocycles. The van der Waals surface area contributed by atoms with Crippen LogP contribution in [0.25, 0.3) is 0 Å². The summed E-state index contributed by atoms with van der Waals surface area (Å²) in [7, 11) is 0. The van der Waals surface area contributed by atoms with Gasteiger partial charge in [-0.05, 0) is 6.42 Å². The Morgan fingerprint density at radius 3 is 1.33 bits per heavy atom. The van der Waals surface area contributed by atoms with Gasteiger partial charge in [0.1, 0.15) is 0 Å². The van der Waals surface area contributed by atoms with Crippen molar-refractivity contribution in [2.75, 3.05) is 0 Å². The van der Waals surface area contributed by atoms with Gasteiger partial charge in [-0.3, -0.25) is 14.4 Å². The second-order valence-corrected chi connectivity index (χ2v) is 2.68. The maximum Gasteiger partial charge on any atom is 0.321 e. The van der Waals surface area contributed by atoms with Crippen molar-refractivity contribution >= 4 is 55.1 Å². The molecule has 0 aromatic carbocycles. The molecule has 0 amide bonds. The van der Waals surface area contributed by atoms with Gasteiger partial charge in [0.2, 0.25) is 0 Å². The van der Waals surface area contributed by atoms with Gasteiger partial charge in [-0.1, -0.05) is 0 Å². The second kappa shape index (κ2) is 5.99. The molecule has 6 nitrogen and oxygen atoms in total. The van der Waals surface area contributed by atoms with Crippen LogP contribution in [0.3, 0.4) is 0 Å². The summed E-state index contributed by atoms with van der Waals surface area (Å²) in [5.41, 5.74) is -2.08.